The van der Waals surface area contributed by atoms with Gasteiger partial charge in [0.25, 0.3) is 11.8 Å². The quantitative estimate of drug-likeness (QED) is 0.878. The molecule has 1 amide bonds. The number of benzene rings is 1. The predicted molar refractivity (Wildman–Crippen MR) is 69.3 cm³/mol. The molecule has 1 aromatic carbocycles. The Bertz CT molecular complexity index is 643. The number of aromatic nitrogens is 2. The van der Waals surface area contributed by atoms with E-state index in [9.17, 15) is 13.6 Å². The minimum absolute atomic E-state index is 0.378. The molecular weight excluding hydrogens is 266 g/mol. The minimum Gasteiger partial charge on any atom is -0.382 e. The van der Waals surface area contributed by atoms with E-state index in [1.807, 2.05) is 0 Å². The first kappa shape index (κ1) is 12.6. The van der Waals surface area contributed by atoms with Gasteiger partial charge in [-0.3, -0.25) is 9.89 Å². The number of carbonyl (C=O) groups is 1. The summed E-state index contributed by atoms with van der Waals surface area (Å²) in [6, 6.07) is 8.32. The van der Waals surface area contributed by atoms with Crippen LogP contribution in [-0.4, -0.2) is 40.0 Å². The van der Waals surface area contributed by atoms with Crippen LogP contribution in [0.4, 0.5) is 14.6 Å². The molecule has 0 unspecified atom stereocenters. The molecular formula is C13H12F2N4O. The molecule has 5 nitrogen and oxygen atoms in total. The summed E-state index contributed by atoms with van der Waals surface area (Å²) >= 11 is 0. The fourth-order valence-electron chi connectivity index (χ4n) is 2.12. The number of hydrogen-bond acceptors (Lipinski definition) is 3. The molecule has 1 aliphatic rings. The Morgan fingerprint density at radius 2 is 1.95 bits per heavy atom. The summed E-state index contributed by atoms with van der Waals surface area (Å²) in [5, 5.41) is 6.57. The third kappa shape index (κ3) is 2.22. The van der Waals surface area contributed by atoms with Gasteiger partial charge < -0.3 is 10.6 Å². The van der Waals surface area contributed by atoms with Crippen LogP contribution in [0.2, 0.25) is 0 Å². The zero-order valence-electron chi connectivity index (χ0n) is 10.4. The molecule has 104 valence electrons. The molecule has 0 radical (unpaired) electrons. The van der Waals surface area contributed by atoms with E-state index in [2.05, 4.69) is 10.2 Å². The summed E-state index contributed by atoms with van der Waals surface area (Å²) in [6.45, 7) is -1.02. The summed E-state index contributed by atoms with van der Waals surface area (Å²) in [6.07, 6.45) is 0. The zero-order valence-corrected chi connectivity index (χ0v) is 10.4. The number of alkyl halides is 2. The van der Waals surface area contributed by atoms with Gasteiger partial charge >= 0.3 is 0 Å². The maximum atomic E-state index is 12.7. The van der Waals surface area contributed by atoms with Gasteiger partial charge in [-0.25, -0.2) is 8.78 Å². The number of anilines is 1. The van der Waals surface area contributed by atoms with Crippen molar-refractivity contribution in [2.45, 2.75) is 5.92 Å². The summed E-state index contributed by atoms with van der Waals surface area (Å²) in [5.41, 5.74) is 7.45. The lowest BCUT2D eigenvalue weighted by Gasteiger charge is -2.38. The Kier molecular flexibility index (Phi) is 2.70. The molecule has 20 heavy (non-hydrogen) atoms. The van der Waals surface area contributed by atoms with Gasteiger partial charge in [-0.05, 0) is 17.7 Å². The van der Waals surface area contributed by atoms with Crippen molar-refractivity contribution < 1.29 is 13.6 Å². The first-order valence-electron chi connectivity index (χ1n) is 6.03. The molecule has 1 aliphatic heterocycles. The van der Waals surface area contributed by atoms with E-state index < -0.39 is 19.0 Å². The summed E-state index contributed by atoms with van der Waals surface area (Å²) in [4.78, 5) is 13.0. The van der Waals surface area contributed by atoms with E-state index in [0.717, 1.165) is 16.2 Å². The van der Waals surface area contributed by atoms with Crippen molar-refractivity contribution >= 4 is 11.7 Å². The molecule has 1 aromatic heterocycles. The van der Waals surface area contributed by atoms with Gasteiger partial charge in [0.2, 0.25) is 0 Å². The average Bonchev–Trinajstić information content (AvgIpc) is 2.82. The molecule has 1 fully saturated rings. The average molecular weight is 278 g/mol. The highest BCUT2D eigenvalue weighted by molar-refractivity contribution is 5.95. The second kappa shape index (κ2) is 4.29. The topological polar surface area (TPSA) is 75.0 Å². The summed E-state index contributed by atoms with van der Waals surface area (Å²) < 4.78 is 25.5. The number of nitrogens with one attached hydrogen (secondary N) is 1. The smallest absolute Gasteiger partial charge is 0.282 e. The normalized spacial score (nSPS) is 16.8. The van der Waals surface area contributed by atoms with Crippen molar-refractivity contribution in [3.63, 3.8) is 0 Å². The Hall–Kier alpha value is -2.44. The highest BCUT2D eigenvalue weighted by Gasteiger charge is 2.46. The van der Waals surface area contributed by atoms with Crippen molar-refractivity contribution in [2.75, 3.05) is 18.8 Å². The second-order valence-corrected chi connectivity index (χ2v) is 4.80. The summed E-state index contributed by atoms with van der Waals surface area (Å²) in [5.74, 6) is -2.75. The molecule has 0 saturated carbocycles. The van der Waals surface area contributed by atoms with E-state index >= 15 is 0 Å². The van der Waals surface area contributed by atoms with Crippen molar-refractivity contribution in [3.8, 4) is 11.3 Å². The van der Waals surface area contributed by atoms with Crippen molar-refractivity contribution in [1.82, 2.24) is 15.1 Å². The number of halogens is 2. The Balaban J connectivity index is 1.75. The Morgan fingerprint density at radius 1 is 1.30 bits per heavy atom. The van der Waals surface area contributed by atoms with E-state index in [-0.39, 0.29) is 5.91 Å². The molecule has 2 aromatic rings. The highest BCUT2D eigenvalue weighted by atomic mass is 19.3. The molecule has 3 rings (SSSR count). The lowest BCUT2D eigenvalue weighted by molar-refractivity contribution is -0.113. The molecule has 0 atom stereocenters. The minimum atomic E-state index is -2.75. The van der Waals surface area contributed by atoms with Gasteiger partial charge in [0, 0.05) is 11.6 Å². The second-order valence-electron chi connectivity index (χ2n) is 4.80. The Labute approximate surface area is 113 Å². The van der Waals surface area contributed by atoms with E-state index in [1.54, 1.807) is 30.3 Å². The number of carbonyl (C=O) groups excluding carboxylic acids is 1. The van der Waals surface area contributed by atoms with Crippen LogP contribution in [0.5, 0.6) is 0 Å². The van der Waals surface area contributed by atoms with Crippen LogP contribution in [-0.2, 0) is 0 Å². The number of H-pyrrole nitrogens is 1. The van der Waals surface area contributed by atoms with E-state index in [0.29, 0.717) is 11.4 Å². The van der Waals surface area contributed by atoms with Gasteiger partial charge in [0.1, 0.15) is 5.82 Å². The predicted octanol–water partition coefficient (Wildman–Crippen LogP) is 1.75. The fraction of sp³-hybridized carbons (Fsp3) is 0.231. The number of likely N-dealkylation sites (tertiary alicyclic amines) is 1. The van der Waals surface area contributed by atoms with Crippen molar-refractivity contribution in [2.24, 2.45) is 0 Å². The number of aromatic amines is 1. The Morgan fingerprint density at radius 3 is 2.45 bits per heavy atom. The maximum Gasteiger partial charge on any atom is 0.282 e. The van der Waals surface area contributed by atoms with Crippen LogP contribution in [0, 0.1) is 0 Å². The van der Waals surface area contributed by atoms with Gasteiger partial charge in [-0.1, -0.05) is 12.1 Å². The van der Waals surface area contributed by atoms with Gasteiger partial charge in [-0.15, -0.1) is 0 Å². The van der Waals surface area contributed by atoms with Crippen molar-refractivity contribution in [3.05, 3.63) is 35.9 Å². The molecule has 1 saturated heterocycles. The molecule has 0 aliphatic carbocycles. The molecule has 0 spiro atoms. The number of nitrogens with two attached hydrogens (primary N) is 1. The largest absolute Gasteiger partial charge is 0.382 e. The van der Waals surface area contributed by atoms with Crippen LogP contribution in [0.3, 0.4) is 0 Å². The van der Waals surface area contributed by atoms with Crippen LogP contribution in [0.25, 0.3) is 11.3 Å². The molecule has 3 N–H and O–H groups in total. The van der Waals surface area contributed by atoms with E-state index in [1.165, 1.54) is 0 Å². The van der Waals surface area contributed by atoms with Crippen LogP contribution in [0.15, 0.2) is 30.3 Å². The molecule has 7 heteroatoms. The van der Waals surface area contributed by atoms with Crippen LogP contribution >= 0.6 is 0 Å². The monoisotopic (exact) mass is 278 g/mol. The van der Waals surface area contributed by atoms with Gasteiger partial charge in [0.15, 0.2) is 0 Å². The summed E-state index contributed by atoms with van der Waals surface area (Å²) in [7, 11) is 0. The highest BCUT2D eigenvalue weighted by Crippen LogP contribution is 2.28. The number of nitrogen functional groups attached to an aromatic ring is 1. The SMILES string of the molecule is Nc1cc(-c2ccc(C(=O)N3CC(F)(F)C3)cc2)[nH]n1. The maximum absolute atomic E-state index is 12.7. The first-order valence-corrected chi connectivity index (χ1v) is 6.03. The first-order chi connectivity index (χ1) is 9.44. The van der Waals surface area contributed by atoms with Gasteiger partial charge in [0.05, 0.1) is 18.8 Å². The lowest BCUT2D eigenvalue weighted by atomic mass is 10.1. The number of amides is 1. The number of hydrogen-bond donors (Lipinski definition) is 2. The van der Waals surface area contributed by atoms with Crippen LogP contribution < -0.4 is 5.73 Å². The lowest BCUT2D eigenvalue weighted by Crippen LogP contribution is -2.58. The van der Waals surface area contributed by atoms with Gasteiger partial charge in [-0.2, -0.15) is 5.10 Å². The molecule has 0 bridgehead atoms. The van der Waals surface area contributed by atoms with Crippen molar-refractivity contribution in [1.29, 1.82) is 0 Å². The number of nitrogens with zero attached hydrogens (tertiary/aromatic N) is 2. The fourth-order valence-corrected chi connectivity index (χ4v) is 2.12. The van der Waals surface area contributed by atoms with E-state index in [4.69, 9.17) is 5.73 Å². The third-order valence-electron chi connectivity index (χ3n) is 3.17. The number of rotatable bonds is 2. The van der Waals surface area contributed by atoms with Crippen LogP contribution in [0.1, 0.15) is 10.4 Å². The zero-order chi connectivity index (χ0) is 14.3. The standard InChI is InChI=1S/C13H12F2N4O/c14-13(15)6-19(7-13)12(20)9-3-1-8(2-4-9)10-5-11(16)18-17-10/h1-5H,6-7H2,(H3,16,17,18). The third-order valence-corrected chi connectivity index (χ3v) is 3.17. The molecule has 2 heterocycles.